The average molecular weight is 374 g/mol. The zero-order valence-electron chi connectivity index (χ0n) is 13.2. The van der Waals surface area contributed by atoms with Crippen molar-refractivity contribution in [2.75, 3.05) is 11.9 Å². The van der Waals surface area contributed by atoms with Gasteiger partial charge in [-0.1, -0.05) is 23.5 Å². The van der Waals surface area contributed by atoms with Crippen molar-refractivity contribution in [3.05, 3.63) is 34.8 Å². The molecule has 0 spiro atoms. The number of ether oxygens (including phenoxy) is 1. The monoisotopic (exact) mass is 374 g/mol. The number of anilines is 1. The zero-order chi connectivity index (χ0) is 18.3. The van der Waals surface area contributed by atoms with Gasteiger partial charge in [-0.15, -0.1) is 23.4 Å². The molecule has 1 amide bonds. The van der Waals surface area contributed by atoms with Crippen molar-refractivity contribution in [3.63, 3.8) is 0 Å². The number of nitrogens with two attached hydrogens (primary N) is 1. The van der Waals surface area contributed by atoms with Gasteiger partial charge in [-0.3, -0.25) is 4.79 Å². The number of aryl methyl sites for hydroxylation is 1. The summed E-state index contributed by atoms with van der Waals surface area (Å²) in [7, 11) is 0. The largest absolute Gasteiger partial charge is 0.573 e. The first kappa shape index (κ1) is 19.1. The first-order valence-corrected chi connectivity index (χ1v) is 8.34. The Morgan fingerprint density at radius 3 is 2.80 bits per heavy atom. The Bertz CT molecular complexity index is 706. The van der Waals surface area contributed by atoms with E-state index in [4.69, 9.17) is 5.73 Å². The van der Waals surface area contributed by atoms with Gasteiger partial charge in [0.25, 0.3) is 0 Å². The highest BCUT2D eigenvalue weighted by Crippen LogP contribution is 2.24. The number of aromatic nitrogens is 2. The van der Waals surface area contributed by atoms with Crippen LogP contribution in [0.1, 0.15) is 23.4 Å². The highest BCUT2D eigenvalue weighted by atomic mass is 32.1. The summed E-state index contributed by atoms with van der Waals surface area (Å²) in [6.07, 6.45) is -2.35. The van der Waals surface area contributed by atoms with E-state index in [1.807, 2.05) is 0 Å². The maximum atomic E-state index is 12.2. The Kier molecular flexibility index (Phi) is 6.71. The van der Waals surface area contributed by atoms with Crippen LogP contribution in [-0.4, -0.2) is 29.0 Å². The summed E-state index contributed by atoms with van der Waals surface area (Å²) in [4.78, 5) is 12.0. The highest BCUT2D eigenvalue weighted by Gasteiger charge is 2.31. The molecule has 0 radical (unpaired) electrons. The van der Waals surface area contributed by atoms with Crippen molar-refractivity contribution in [2.45, 2.75) is 32.0 Å². The lowest BCUT2D eigenvalue weighted by Crippen LogP contribution is -2.17. The Morgan fingerprint density at radius 1 is 1.28 bits per heavy atom. The van der Waals surface area contributed by atoms with Gasteiger partial charge in [0.2, 0.25) is 11.0 Å². The molecule has 25 heavy (non-hydrogen) atoms. The zero-order valence-corrected chi connectivity index (χ0v) is 14.0. The number of unbranched alkanes of at least 4 members (excludes halogenated alkanes) is 1. The number of amides is 1. The molecule has 0 saturated carbocycles. The summed E-state index contributed by atoms with van der Waals surface area (Å²) in [5.41, 5.74) is 5.82. The Morgan fingerprint density at radius 2 is 2.08 bits per heavy atom. The molecule has 3 N–H and O–H groups in total. The first-order chi connectivity index (χ1) is 11.9. The van der Waals surface area contributed by atoms with Gasteiger partial charge in [-0.2, -0.15) is 0 Å². The van der Waals surface area contributed by atoms with Gasteiger partial charge in [0, 0.05) is 6.42 Å². The number of hydrogen-bond acceptors (Lipinski definition) is 6. The Labute approximate surface area is 146 Å². The van der Waals surface area contributed by atoms with Crippen molar-refractivity contribution in [2.24, 2.45) is 5.73 Å². The third kappa shape index (κ3) is 7.06. The van der Waals surface area contributed by atoms with Crippen LogP contribution < -0.4 is 15.8 Å². The minimum atomic E-state index is -4.77. The number of benzene rings is 1. The number of halogens is 3. The molecule has 0 bridgehead atoms. The van der Waals surface area contributed by atoms with Crippen LogP contribution >= 0.6 is 11.3 Å². The van der Waals surface area contributed by atoms with Crippen LogP contribution in [0, 0.1) is 0 Å². The lowest BCUT2D eigenvalue weighted by molar-refractivity contribution is -0.274. The molecule has 0 aliphatic rings. The molecule has 2 aromatic rings. The summed E-state index contributed by atoms with van der Waals surface area (Å²) < 4.78 is 40.5. The van der Waals surface area contributed by atoms with E-state index in [9.17, 15) is 18.0 Å². The Hall–Kier alpha value is -2.20. The first-order valence-electron chi connectivity index (χ1n) is 7.53. The number of carbonyl (C=O) groups is 1. The fourth-order valence-electron chi connectivity index (χ4n) is 2.03. The van der Waals surface area contributed by atoms with Crippen molar-refractivity contribution >= 4 is 22.4 Å². The second-order valence-corrected chi connectivity index (χ2v) is 6.23. The minimum Gasteiger partial charge on any atom is -0.406 e. The standard InChI is InChI=1S/C15H17F3N4O2S/c16-15(17,18)24-11-5-3-4-10(8-11)9-12(23)20-14-22-21-13(25-14)6-1-2-7-19/h3-5,8H,1-2,6-7,9,19H2,(H,20,22,23). The topological polar surface area (TPSA) is 90.1 Å². The van der Waals surface area contributed by atoms with Crippen LogP contribution in [0.5, 0.6) is 5.75 Å². The summed E-state index contributed by atoms with van der Waals surface area (Å²) >= 11 is 1.26. The maximum absolute atomic E-state index is 12.2. The number of nitrogens with zero attached hydrogens (tertiary/aromatic N) is 2. The molecule has 0 unspecified atom stereocenters. The lowest BCUT2D eigenvalue weighted by atomic mass is 10.1. The molecule has 0 atom stereocenters. The molecule has 10 heteroatoms. The van der Waals surface area contributed by atoms with E-state index >= 15 is 0 Å². The third-order valence-electron chi connectivity index (χ3n) is 3.05. The summed E-state index contributed by atoms with van der Waals surface area (Å²) in [5.74, 6) is -0.760. The summed E-state index contributed by atoms with van der Waals surface area (Å²) in [6.45, 7) is 0.611. The smallest absolute Gasteiger partial charge is 0.406 e. The molecule has 0 aliphatic carbocycles. The number of nitrogens with one attached hydrogen (secondary N) is 1. The quantitative estimate of drug-likeness (QED) is 0.694. The average Bonchev–Trinajstić information content (AvgIpc) is 2.93. The van der Waals surface area contributed by atoms with Crippen molar-refractivity contribution in [1.82, 2.24) is 10.2 Å². The van der Waals surface area contributed by atoms with Crippen LogP contribution in [0.25, 0.3) is 0 Å². The van der Waals surface area contributed by atoms with Gasteiger partial charge in [-0.05, 0) is 37.1 Å². The maximum Gasteiger partial charge on any atom is 0.573 e. The normalized spacial score (nSPS) is 11.4. The fourth-order valence-corrected chi connectivity index (χ4v) is 2.82. The predicted molar refractivity (Wildman–Crippen MR) is 87.4 cm³/mol. The Balaban J connectivity index is 1.89. The van der Waals surface area contributed by atoms with Crippen LogP contribution in [0.15, 0.2) is 24.3 Å². The SMILES string of the molecule is NCCCCc1nnc(NC(=O)Cc2cccc(OC(F)(F)F)c2)s1. The van der Waals surface area contributed by atoms with E-state index in [1.54, 1.807) is 6.07 Å². The molecule has 1 aromatic carbocycles. The molecule has 0 fully saturated rings. The fraction of sp³-hybridized carbons (Fsp3) is 0.400. The molecule has 6 nitrogen and oxygen atoms in total. The van der Waals surface area contributed by atoms with Crippen LogP contribution in [0.4, 0.5) is 18.3 Å². The predicted octanol–water partition coefficient (Wildman–Crippen LogP) is 2.90. The van der Waals surface area contributed by atoms with Crippen molar-refractivity contribution in [3.8, 4) is 5.75 Å². The number of alkyl halides is 3. The van der Waals surface area contributed by atoms with E-state index in [1.165, 1.54) is 29.5 Å². The van der Waals surface area contributed by atoms with Gasteiger partial charge in [0.05, 0.1) is 6.42 Å². The van der Waals surface area contributed by atoms with Crippen LogP contribution in [-0.2, 0) is 17.6 Å². The molecule has 2 rings (SSSR count). The van der Waals surface area contributed by atoms with Crippen LogP contribution in [0.2, 0.25) is 0 Å². The van der Waals surface area contributed by atoms with E-state index < -0.39 is 12.3 Å². The highest BCUT2D eigenvalue weighted by molar-refractivity contribution is 7.15. The van der Waals surface area contributed by atoms with Gasteiger partial charge < -0.3 is 15.8 Å². The van der Waals surface area contributed by atoms with Gasteiger partial charge >= 0.3 is 6.36 Å². The van der Waals surface area contributed by atoms with E-state index in [0.29, 0.717) is 17.2 Å². The van der Waals surface area contributed by atoms with E-state index in [2.05, 4.69) is 20.3 Å². The molecular formula is C15H17F3N4O2S. The summed E-state index contributed by atoms with van der Waals surface area (Å²) in [6, 6.07) is 5.28. The van der Waals surface area contributed by atoms with Crippen molar-refractivity contribution < 1.29 is 22.7 Å². The lowest BCUT2D eigenvalue weighted by Gasteiger charge is -2.09. The number of carbonyl (C=O) groups excluding carboxylic acids is 1. The van der Waals surface area contributed by atoms with Crippen molar-refractivity contribution in [1.29, 1.82) is 0 Å². The molecule has 0 saturated heterocycles. The molecule has 1 heterocycles. The summed E-state index contributed by atoms with van der Waals surface area (Å²) in [5, 5.41) is 11.6. The minimum absolute atomic E-state index is 0.100. The van der Waals surface area contributed by atoms with Gasteiger partial charge in [0.1, 0.15) is 10.8 Å². The molecule has 136 valence electrons. The number of hydrogen-bond donors (Lipinski definition) is 2. The molecule has 0 aliphatic heterocycles. The number of rotatable bonds is 8. The molecule has 1 aromatic heterocycles. The van der Waals surface area contributed by atoms with Gasteiger partial charge in [0.15, 0.2) is 0 Å². The van der Waals surface area contributed by atoms with Crippen LogP contribution in [0.3, 0.4) is 0 Å². The van der Waals surface area contributed by atoms with Gasteiger partial charge in [-0.25, -0.2) is 0 Å². The van der Waals surface area contributed by atoms with E-state index in [-0.39, 0.29) is 12.2 Å². The third-order valence-corrected chi connectivity index (χ3v) is 3.95. The second-order valence-electron chi connectivity index (χ2n) is 5.17. The molecular weight excluding hydrogens is 357 g/mol. The van der Waals surface area contributed by atoms with E-state index in [0.717, 1.165) is 24.3 Å². The second kappa shape index (κ2) is 8.77.